The highest BCUT2D eigenvalue weighted by atomic mass is 19.1. The number of ether oxygens (including phenoxy) is 1. The van der Waals surface area contributed by atoms with Gasteiger partial charge in [-0.25, -0.2) is 14.2 Å². The van der Waals surface area contributed by atoms with Crippen LogP contribution < -0.4 is 0 Å². The number of carbonyl (C=O) groups excluding carboxylic acids is 2. The Bertz CT molecular complexity index is 708. The quantitative estimate of drug-likeness (QED) is 0.642. The molecule has 0 atom stereocenters. The van der Waals surface area contributed by atoms with Gasteiger partial charge in [-0.05, 0) is 42.3 Å². The van der Waals surface area contributed by atoms with Crippen LogP contribution in [0.5, 0.6) is 0 Å². The predicted molar refractivity (Wildman–Crippen MR) is 79.5 cm³/mol. The zero-order valence-corrected chi connectivity index (χ0v) is 12.6. The number of rotatable bonds is 4. The average Bonchev–Trinajstić information content (AvgIpc) is 2.53. The van der Waals surface area contributed by atoms with Gasteiger partial charge in [0.1, 0.15) is 5.82 Å². The molecule has 0 aliphatic carbocycles. The number of nitrogens with zero attached hydrogens (tertiary/aromatic N) is 1. The van der Waals surface area contributed by atoms with Crippen LogP contribution in [0.15, 0.2) is 36.4 Å². The fourth-order valence-electron chi connectivity index (χ4n) is 1.99. The largest absolute Gasteiger partial charge is 0.464 e. The number of carbonyl (C=O) groups is 2. The van der Waals surface area contributed by atoms with Gasteiger partial charge in [0.2, 0.25) is 0 Å². The minimum atomic E-state index is -0.673. The summed E-state index contributed by atoms with van der Waals surface area (Å²) in [5.74, 6) is -1.40. The molecule has 2 aromatic rings. The molecule has 5 heteroatoms. The molecule has 114 valence electrons. The van der Waals surface area contributed by atoms with E-state index in [0.717, 1.165) is 0 Å². The van der Waals surface area contributed by atoms with Crippen LogP contribution in [-0.4, -0.2) is 23.8 Å². The average molecular weight is 301 g/mol. The third-order valence-corrected chi connectivity index (χ3v) is 3.24. The first-order chi connectivity index (χ1) is 10.4. The number of hydrogen-bond donors (Lipinski definition) is 0. The van der Waals surface area contributed by atoms with Crippen molar-refractivity contribution in [1.82, 2.24) is 4.98 Å². The molecule has 0 radical (unpaired) electrons. The van der Waals surface area contributed by atoms with Crippen molar-refractivity contribution in [2.75, 3.05) is 7.11 Å². The van der Waals surface area contributed by atoms with Crippen LogP contribution in [0.2, 0.25) is 0 Å². The lowest BCUT2D eigenvalue weighted by atomic mass is 9.99. The summed E-state index contributed by atoms with van der Waals surface area (Å²) in [6.45, 7) is 3.87. The van der Waals surface area contributed by atoms with Gasteiger partial charge in [0.25, 0.3) is 0 Å². The van der Waals surface area contributed by atoms with Crippen LogP contribution in [-0.2, 0) is 4.74 Å². The second-order valence-corrected chi connectivity index (χ2v) is 5.11. The van der Waals surface area contributed by atoms with Gasteiger partial charge < -0.3 is 4.74 Å². The molecule has 22 heavy (non-hydrogen) atoms. The summed E-state index contributed by atoms with van der Waals surface area (Å²) in [6.07, 6.45) is 0. The van der Waals surface area contributed by atoms with Crippen molar-refractivity contribution in [3.8, 4) is 0 Å². The lowest BCUT2D eigenvalue weighted by molar-refractivity contribution is 0.0590. The predicted octanol–water partition coefficient (Wildman–Crippen LogP) is 3.36. The maximum absolute atomic E-state index is 13.0. The first-order valence-corrected chi connectivity index (χ1v) is 6.83. The molecule has 4 nitrogen and oxygen atoms in total. The number of ketones is 1. The van der Waals surface area contributed by atoms with Gasteiger partial charge in [-0.2, -0.15) is 0 Å². The first-order valence-electron chi connectivity index (χ1n) is 6.83. The van der Waals surface area contributed by atoms with Gasteiger partial charge in [0.05, 0.1) is 12.7 Å². The van der Waals surface area contributed by atoms with Gasteiger partial charge in [-0.3, -0.25) is 4.79 Å². The van der Waals surface area contributed by atoms with Crippen molar-refractivity contribution in [2.45, 2.75) is 19.8 Å². The molecule has 0 unspecified atom stereocenters. The highest BCUT2D eigenvalue weighted by molar-refractivity contribution is 6.13. The van der Waals surface area contributed by atoms with Crippen LogP contribution >= 0.6 is 0 Å². The van der Waals surface area contributed by atoms with E-state index in [2.05, 4.69) is 4.98 Å². The van der Waals surface area contributed by atoms with E-state index in [1.54, 1.807) is 12.1 Å². The molecule has 0 N–H and O–H groups in total. The van der Waals surface area contributed by atoms with E-state index in [-0.39, 0.29) is 22.7 Å². The van der Waals surface area contributed by atoms with E-state index in [1.807, 2.05) is 13.8 Å². The Labute approximate surface area is 127 Å². The number of pyridine rings is 1. The monoisotopic (exact) mass is 301 g/mol. The highest BCUT2D eigenvalue weighted by Crippen LogP contribution is 2.19. The molecule has 1 aromatic carbocycles. The van der Waals surface area contributed by atoms with E-state index in [9.17, 15) is 14.0 Å². The first kappa shape index (κ1) is 15.8. The molecule has 2 rings (SSSR count). The van der Waals surface area contributed by atoms with Crippen molar-refractivity contribution in [1.29, 1.82) is 0 Å². The zero-order valence-electron chi connectivity index (χ0n) is 12.6. The second-order valence-electron chi connectivity index (χ2n) is 5.11. The van der Waals surface area contributed by atoms with E-state index < -0.39 is 17.6 Å². The lowest BCUT2D eigenvalue weighted by Gasteiger charge is -2.10. The number of aromatic nitrogens is 1. The van der Waals surface area contributed by atoms with E-state index in [4.69, 9.17) is 4.74 Å². The molecule has 0 spiro atoms. The molecule has 0 saturated carbocycles. The SMILES string of the molecule is COC(=O)c1nc(C(C)C)ccc1C(=O)c1ccc(F)cc1. The highest BCUT2D eigenvalue weighted by Gasteiger charge is 2.21. The summed E-state index contributed by atoms with van der Waals surface area (Å²) in [7, 11) is 1.23. The summed E-state index contributed by atoms with van der Waals surface area (Å²) < 4.78 is 17.7. The Balaban J connectivity index is 2.51. The summed E-state index contributed by atoms with van der Waals surface area (Å²) in [6, 6.07) is 8.39. The topological polar surface area (TPSA) is 56.3 Å². The van der Waals surface area contributed by atoms with Crippen LogP contribution in [0.25, 0.3) is 0 Å². The standard InChI is InChI=1S/C17H16FNO3/c1-10(2)14-9-8-13(15(19-14)17(21)22-3)16(20)11-4-6-12(18)7-5-11/h4-10H,1-3H3. The summed E-state index contributed by atoms with van der Waals surface area (Å²) in [5, 5.41) is 0. The Morgan fingerprint density at radius 3 is 2.27 bits per heavy atom. The maximum atomic E-state index is 13.0. The van der Waals surface area contributed by atoms with Crippen molar-refractivity contribution < 1.29 is 18.7 Å². The molecular formula is C17H16FNO3. The molecule has 1 heterocycles. The van der Waals surface area contributed by atoms with Crippen molar-refractivity contribution in [3.05, 3.63) is 64.7 Å². The van der Waals surface area contributed by atoms with E-state index >= 15 is 0 Å². The third kappa shape index (κ3) is 3.19. The number of benzene rings is 1. The van der Waals surface area contributed by atoms with Crippen LogP contribution in [0.4, 0.5) is 4.39 Å². The Morgan fingerprint density at radius 1 is 1.09 bits per heavy atom. The van der Waals surface area contributed by atoms with Gasteiger partial charge in [0, 0.05) is 11.3 Å². The fraction of sp³-hybridized carbons (Fsp3) is 0.235. The summed E-state index contributed by atoms with van der Waals surface area (Å²) in [4.78, 5) is 28.6. The molecule has 0 saturated heterocycles. The summed E-state index contributed by atoms with van der Waals surface area (Å²) in [5.41, 5.74) is 1.09. The van der Waals surface area contributed by atoms with Gasteiger partial charge in [-0.15, -0.1) is 0 Å². The van der Waals surface area contributed by atoms with Gasteiger partial charge >= 0.3 is 5.97 Å². The summed E-state index contributed by atoms with van der Waals surface area (Å²) >= 11 is 0. The molecule has 0 amide bonds. The number of esters is 1. The normalized spacial score (nSPS) is 10.6. The molecular weight excluding hydrogens is 285 g/mol. The molecule has 0 bridgehead atoms. The number of hydrogen-bond acceptors (Lipinski definition) is 4. The lowest BCUT2D eigenvalue weighted by Crippen LogP contribution is -2.15. The molecule has 0 aliphatic rings. The van der Waals surface area contributed by atoms with Crippen molar-refractivity contribution >= 4 is 11.8 Å². The van der Waals surface area contributed by atoms with Crippen LogP contribution in [0, 0.1) is 5.82 Å². The maximum Gasteiger partial charge on any atom is 0.357 e. The number of methoxy groups -OCH3 is 1. The second kappa shape index (κ2) is 6.47. The smallest absolute Gasteiger partial charge is 0.357 e. The fourth-order valence-corrected chi connectivity index (χ4v) is 1.99. The van der Waals surface area contributed by atoms with Crippen molar-refractivity contribution in [3.63, 3.8) is 0 Å². The Hall–Kier alpha value is -2.56. The third-order valence-electron chi connectivity index (χ3n) is 3.24. The van der Waals surface area contributed by atoms with E-state index in [0.29, 0.717) is 5.69 Å². The molecule has 1 aromatic heterocycles. The van der Waals surface area contributed by atoms with Crippen LogP contribution in [0.3, 0.4) is 0 Å². The molecule has 0 fully saturated rings. The van der Waals surface area contributed by atoms with Crippen LogP contribution in [0.1, 0.15) is 51.9 Å². The molecule has 0 aliphatic heterocycles. The van der Waals surface area contributed by atoms with Gasteiger partial charge in [0.15, 0.2) is 11.5 Å². The van der Waals surface area contributed by atoms with Crippen molar-refractivity contribution in [2.24, 2.45) is 0 Å². The minimum absolute atomic E-state index is 0.0250. The Morgan fingerprint density at radius 2 is 1.73 bits per heavy atom. The zero-order chi connectivity index (χ0) is 16.3. The Kier molecular flexibility index (Phi) is 4.65. The number of halogens is 1. The van der Waals surface area contributed by atoms with Gasteiger partial charge in [-0.1, -0.05) is 13.8 Å². The van der Waals surface area contributed by atoms with E-state index in [1.165, 1.54) is 31.4 Å². The minimum Gasteiger partial charge on any atom is -0.464 e.